The Morgan fingerprint density at radius 2 is 1.47 bits per heavy atom. The molecule has 0 radical (unpaired) electrons. The number of nitrogens with zero attached hydrogens (tertiary/aromatic N) is 4. The summed E-state index contributed by atoms with van der Waals surface area (Å²) in [4.78, 5) is 38.4. The molecule has 0 bridgehead atoms. The number of nitrogen functional groups attached to an aromatic ring is 1. The van der Waals surface area contributed by atoms with Gasteiger partial charge in [-0.1, -0.05) is 78.9 Å². The van der Waals surface area contributed by atoms with E-state index < -0.39 is 6.29 Å². The SMILES string of the molecule is Nc1ccccc1NC(=O)CCCCC(=O)NCc1cccc(-c2ccc([C@@H]3O[C@H](CN4CCN(c5ncccn5)CC4)C[C@H](c4ccc(CO)cc4)O3)cc2)c1. The van der Waals surface area contributed by atoms with E-state index in [2.05, 4.69) is 66.8 Å². The Bertz CT molecular complexity index is 2060. The van der Waals surface area contributed by atoms with Crippen LogP contribution in [-0.4, -0.2) is 70.6 Å². The van der Waals surface area contributed by atoms with Crippen LogP contribution in [0.2, 0.25) is 0 Å². The number of unbranched alkanes of at least 4 members (excludes halogenated alkanes) is 1. The van der Waals surface area contributed by atoms with Gasteiger partial charge in [-0.15, -0.1) is 0 Å². The van der Waals surface area contributed by atoms with E-state index in [1.165, 1.54) is 0 Å². The summed E-state index contributed by atoms with van der Waals surface area (Å²) < 4.78 is 13.3. The van der Waals surface area contributed by atoms with Crippen LogP contribution in [0.5, 0.6) is 0 Å². The monoisotopic (exact) mass is 769 g/mol. The number of rotatable bonds is 15. The number of carbonyl (C=O) groups excluding carboxylic acids is 2. The Kier molecular flexibility index (Phi) is 13.5. The molecule has 2 saturated heterocycles. The summed E-state index contributed by atoms with van der Waals surface area (Å²) >= 11 is 0. The molecule has 5 aromatic rings. The Labute approximate surface area is 334 Å². The van der Waals surface area contributed by atoms with E-state index >= 15 is 0 Å². The normalized spacial score (nSPS) is 18.5. The summed E-state index contributed by atoms with van der Waals surface area (Å²) in [5.74, 6) is 0.608. The van der Waals surface area contributed by atoms with Crippen molar-refractivity contribution in [1.29, 1.82) is 0 Å². The van der Waals surface area contributed by atoms with Crippen LogP contribution in [-0.2, 0) is 32.2 Å². The number of anilines is 3. The highest BCUT2D eigenvalue weighted by Crippen LogP contribution is 2.39. The smallest absolute Gasteiger partial charge is 0.225 e. The highest BCUT2D eigenvalue weighted by Gasteiger charge is 2.34. The van der Waals surface area contributed by atoms with Crippen LogP contribution in [0.4, 0.5) is 17.3 Å². The first-order valence-corrected chi connectivity index (χ1v) is 19.8. The number of nitrogens with one attached hydrogen (secondary N) is 2. The van der Waals surface area contributed by atoms with Gasteiger partial charge in [-0.3, -0.25) is 14.5 Å². The van der Waals surface area contributed by atoms with Crippen molar-refractivity contribution >= 4 is 29.1 Å². The molecule has 12 nitrogen and oxygen atoms in total. The van der Waals surface area contributed by atoms with Crippen molar-refractivity contribution in [3.05, 3.63) is 138 Å². The van der Waals surface area contributed by atoms with E-state index in [4.69, 9.17) is 15.2 Å². The third-order valence-corrected chi connectivity index (χ3v) is 10.5. The van der Waals surface area contributed by atoms with E-state index in [9.17, 15) is 14.7 Å². The van der Waals surface area contributed by atoms with Gasteiger partial charge in [0.05, 0.1) is 30.2 Å². The topological polar surface area (TPSA) is 155 Å². The standard InChI is InChI=1S/C45H51N7O5/c46-39-9-1-2-10-40(39)50-43(55)12-4-3-11-42(54)49-29-33-7-5-8-37(27-33)34-17-19-36(20-18-34)44-56-38(28-41(57-44)35-15-13-32(31-53)14-16-35)30-51-23-25-52(26-24-51)45-47-21-6-22-48-45/h1-2,5-10,13-22,27,38,41,44,53H,3-4,11-12,23-26,28-31,46H2,(H,49,54)(H,50,55)/t38-,41+,44+/m0/s1. The zero-order valence-electron chi connectivity index (χ0n) is 32.1. The quantitative estimate of drug-likeness (QED) is 0.0695. The number of ether oxygens (including phenoxy) is 2. The molecule has 5 N–H and O–H groups in total. The molecule has 3 atom stereocenters. The van der Waals surface area contributed by atoms with Gasteiger partial charge in [-0.2, -0.15) is 0 Å². The Morgan fingerprint density at radius 3 is 2.21 bits per heavy atom. The van der Waals surface area contributed by atoms with Gasteiger partial charge in [0.1, 0.15) is 0 Å². The van der Waals surface area contributed by atoms with Gasteiger partial charge in [0.2, 0.25) is 17.8 Å². The summed E-state index contributed by atoms with van der Waals surface area (Å²) in [5, 5.41) is 15.5. The van der Waals surface area contributed by atoms with Crippen LogP contribution in [0, 0.1) is 0 Å². The third kappa shape index (κ3) is 11.0. The molecule has 3 heterocycles. The number of benzene rings is 4. The van der Waals surface area contributed by atoms with Crippen molar-refractivity contribution in [3.8, 4) is 11.1 Å². The molecule has 57 heavy (non-hydrogen) atoms. The van der Waals surface area contributed by atoms with Gasteiger partial charge >= 0.3 is 0 Å². The minimum atomic E-state index is -0.544. The summed E-state index contributed by atoms with van der Waals surface area (Å²) in [7, 11) is 0. The van der Waals surface area contributed by atoms with Crippen LogP contribution in [0.3, 0.4) is 0 Å². The van der Waals surface area contributed by atoms with Crippen molar-refractivity contribution in [2.75, 3.05) is 48.7 Å². The molecular formula is C45H51N7O5. The predicted octanol–water partition coefficient (Wildman–Crippen LogP) is 6.40. The van der Waals surface area contributed by atoms with Crippen LogP contribution in [0.1, 0.15) is 66.8 Å². The first-order valence-electron chi connectivity index (χ1n) is 19.8. The van der Waals surface area contributed by atoms with Crippen LogP contribution >= 0.6 is 0 Å². The summed E-state index contributed by atoms with van der Waals surface area (Å²) in [6, 6.07) is 33.4. The first kappa shape index (κ1) is 39.6. The van der Waals surface area contributed by atoms with E-state index in [1.54, 1.807) is 24.5 Å². The Balaban J connectivity index is 0.924. The average Bonchev–Trinajstić information content (AvgIpc) is 3.26. The van der Waals surface area contributed by atoms with E-state index in [-0.39, 0.29) is 30.6 Å². The molecule has 2 aliphatic rings. The number of hydrogen-bond donors (Lipinski definition) is 4. The molecule has 0 saturated carbocycles. The number of carbonyl (C=O) groups is 2. The molecule has 1 aromatic heterocycles. The Hall–Kier alpha value is -5.66. The number of aliphatic hydroxyl groups excluding tert-OH is 1. The summed E-state index contributed by atoms with van der Waals surface area (Å²) in [6.45, 7) is 4.70. The minimum Gasteiger partial charge on any atom is -0.397 e. The van der Waals surface area contributed by atoms with Gasteiger partial charge in [-0.05, 0) is 64.9 Å². The lowest BCUT2D eigenvalue weighted by atomic mass is 9.98. The third-order valence-electron chi connectivity index (χ3n) is 10.5. The lowest BCUT2D eigenvalue weighted by molar-refractivity contribution is -0.253. The molecule has 2 fully saturated rings. The van der Waals surface area contributed by atoms with Gasteiger partial charge in [0, 0.05) is 76.5 Å². The highest BCUT2D eigenvalue weighted by molar-refractivity contribution is 5.93. The van der Waals surface area contributed by atoms with Gasteiger partial charge in [-0.25, -0.2) is 9.97 Å². The number of piperazine rings is 1. The fraction of sp³-hybridized carbons (Fsp3) is 0.333. The number of para-hydroxylation sites is 2. The van der Waals surface area contributed by atoms with Crippen molar-refractivity contribution in [2.45, 2.75) is 63.8 Å². The van der Waals surface area contributed by atoms with Crippen LogP contribution in [0.15, 0.2) is 116 Å². The van der Waals surface area contributed by atoms with Gasteiger partial charge < -0.3 is 35.8 Å². The second kappa shape index (κ2) is 19.5. The average molecular weight is 770 g/mol. The number of aliphatic hydroxyl groups is 1. The molecule has 7 rings (SSSR count). The maximum atomic E-state index is 12.6. The number of nitrogens with two attached hydrogens (primary N) is 1. The molecule has 12 heteroatoms. The molecular weight excluding hydrogens is 719 g/mol. The van der Waals surface area contributed by atoms with Crippen molar-refractivity contribution in [3.63, 3.8) is 0 Å². The lowest BCUT2D eigenvalue weighted by Gasteiger charge is -2.40. The fourth-order valence-corrected chi connectivity index (χ4v) is 7.28. The number of hydrogen-bond acceptors (Lipinski definition) is 10. The Morgan fingerprint density at radius 1 is 0.754 bits per heavy atom. The van der Waals surface area contributed by atoms with Crippen molar-refractivity contribution in [1.82, 2.24) is 20.2 Å². The molecule has 0 unspecified atom stereocenters. The minimum absolute atomic E-state index is 0.000378. The second-order valence-corrected chi connectivity index (χ2v) is 14.6. The molecule has 0 aliphatic carbocycles. The van der Waals surface area contributed by atoms with Crippen LogP contribution in [0.25, 0.3) is 11.1 Å². The lowest BCUT2D eigenvalue weighted by Crippen LogP contribution is -2.50. The largest absolute Gasteiger partial charge is 0.397 e. The molecule has 296 valence electrons. The molecule has 2 amide bonds. The van der Waals surface area contributed by atoms with Crippen molar-refractivity contribution in [2.24, 2.45) is 0 Å². The second-order valence-electron chi connectivity index (χ2n) is 14.6. The van der Waals surface area contributed by atoms with E-state index in [0.29, 0.717) is 43.6 Å². The number of amides is 2. The maximum Gasteiger partial charge on any atom is 0.225 e. The summed E-state index contributed by atoms with van der Waals surface area (Å²) in [6.07, 6.45) is 5.44. The zero-order chi connectivity index (χ0) is 39.4. The summed E-state index contributed by atoms with van der Waals surface area (Å²) in [5.41, 5.74) is 13.0. The first-order chi connectivity index (χ1) is 27.9. The molecule has 4 aromatic carbocycles. The molecule has 0 spiro atoms. The maximum absolute atomic E-state index is 12.6. The van der Waals surface area contributed by atoms with Gasteiger partial charge in [0.15, 0.2) is 6.29 Å². The van der Waals surface area contributed by atoms with Crippen LogP contribution < -0.4 is 21.3 Å². The zero-order valence-corrected chi connectivity index (χ0v) is 32.1. The van der Waals surface area contributed by atoms with Crippen molar-refractivity contribution < 1.29 is 24.2 Å². The molecule has 2 aliphatic heterocycles. The highest BCUT2D eigenvalue weighted by atomic mass is 16.7. The van der Waals surface area contributed by atoms with E-state index in [1.807, 2.05) is 54.6 Å². The number of aromatic nitrogens is 2. The van der Waals surface area contributed by atoms with Gasteiger partial charge in [0.25, 0.3) is 0 Å². The predicted molar refractivity (Wildman–Crippen MR) is 221 cm³/mol. The van der Waals surface area contributed by atoms with E-state index in [0.717, 1.165) is 78.5 Å². The fourth-order valence-electron chi connectivity index (χ4n) is 7.28.